The minimum atomic E-state index is -4.40. The second kappa shape index (κ2) is 9.07. The summed E-state index contributed by atoms with van der Waals surface area (Å²) in [5, 5.41) is 5.15. The summed E-state index contributed by atoms with van der Waals surface area (Å²) in [5.74, 6) is 0.518. The third kappa shape index (κ3) is 6.27. The van der Waals surface area contributed by atoms with Gasteiger partial charge in [-0.15, -0.1) is 0 Å². The summed E-state index contributed by atoms with van der Waals surface area (Å²) < 4.78 is 43.3. The molecule has 0 aliphatic carbocycles. The zero-order valence-corrected chi connectivity index (χ0v) is 14.3. The number of hydrogen-bond acceptors (Lipinski definition) is 3. The van der Waals surface area contributed by atoms with Gasteiger partial charge in [-0.1, -0.05) is 25.1 Å². The molecule has 0 saturated heterocycles. The highest BCUT2D eigenvalue weighted by Gasteiger charge is 2.30. The third-order valence-corrected chi connectivity index (χ3v) is 3.41. The monoisotopic (exact) mass is 367 g/mol. The molecule has 5 nitrogen and oxygen atoms in total. The van der Waals surface area contributed by atoms with Crippen molar-refractivity contribution in [3.05, 3.63) is 59.3 Å². The van der Waals surface area contributed by atoms with E-state index in [1.54, 1.807) is 18.3 Å². The minimum absolute atomic E-state index is 0.00218. The van der Waals surface area contributed by atoms with Gasteiger partial charge in [-0.05, 0) is 29.7 Å². The molecule has 0 radical (unpaired) electrons. The lowest BCUT2D eigenvalue weighted by molar-refractivity contribution is -0.137. The maximum atomic E-state index is 12.7. The van der Waals surface area contributed by atoms with Crippen molar-refractivity contribution in [3.8, 4) is 5.88 Å². The predicted molar refractivity (Wildman–Crippen MR) is 90.5 cm³/mol. The Labute approximate surface area is 149 Å². The number of ether oxygens (including phenoxy) is 1. The van der Waals surface area contributed by atoms with Crippen molar-refractivity contribution in [2.24, 2.45) is 0 Å². The molecule has 0 aliphatic rings. The number of carbonyl (C=O) groups excluding carboxylic acids is 1. The molecule has 0 bridgehead atoms. The van der Waals surface area contributed by atoms with Crippen LogP contribution in [-0.2, 0) is 19.3 Å². The Morgan fingerprint density at radius 2 is 1.85 bits per heavy atom. The Morgan fingerprint density at radius 1 is 1.12 bits per heavy atom. The van der Waals surface area contributed by atoms with Crippen LogP contribution >= 0.6 is 0 Å². The Morgan fingerprint density at radius 3 is 2.46 bits per heavy atom. The predicted octanol–water partition coefficient (Wildman–Crippen LogP) is 3.89. The molecule has 2 N–H and O–H groups in total. The molecule has 140 valence electrons. The van der Waals surface area contributed by atoms with Crippen LogP contribution in [0.5, 0.6) is 5.88 Å². The summed E-state index contributed by atoms with van der Waals surface area (Å²) in [6.07, 6.45) is -1.92. The molecule has 2 rings (SSSR count). The van der Waals surface area contributed by atoms with E-state index in [2.05, 4.69) is 15.6 Å². The molecule has 0 fully saturated rings. The highest BCUT2D eigenvalue weighted by molar-refractivity contribution is 5.73. The summed E-state index contributed by atoms with van der Waals surface area (Å²) >= 11 is 0. The number of halogens is 3. The van der Waals surface area contributed by atoms with E-state index in [0.717, 1.165) is 24.1 Å². The quantitative estimate of drug-likeness (QED) is 0.780. The topological polar surface area (TPSA) is 63.2 Å². The van der Waals surface area contributed by atoms with Gasteiger partial charge in [0.25, 0.3) is 0 Å². The van der Waals surface area contributed by atoms with Crippen LogP contribution in [0, 0.1) is 0 Å². The van der Waals surface area contributed by atoms with Gasteiger partial charge in [0.1, 0.15) is 0 Å². The highest BCUT2D eigenvalue weighted by atomic mass is 19.4. The largest absolute Gasteiger partial charge is 0.478 e. The number of nitrogens with zero attached hydrogens (tertiary/aromatic N) is 1. The van der Waals surface area contributed by atoms with Crippen LogP contribution in [0.2, 0.25) is 0 Å². The van der Waals surface area contributed by atoms with Gasteiger partial charge in [-0.2, -0.15) is 13.2 Å². The number of alkyl halides is 3. The van der Waals surface area contributed by atoms with Crippen molar-refractivity contribution in [1.29, 1.82) is 0 Å². The molecule has 8 heteroatoms. The lowest BCUT2D eigenvalue weighted by atomic mass is 10.1. The highest BCUT2D eigenvalue weighted by Crippen LogP contribution is 2.29. The van der Waals surface area contributed by atoms with Crippen molar-refractivity contribution in [2.45, 2.75) is 32.6 Å². The maximum Gasteiger partial charge on any atom is 0.416 e. The van der Waals surface area contributed by atoms with Crippen LogP contribution in [0.3, 0.4) is 0 Å². The summed E-state index contributed by atoms with van der Waals surface area (Å²) in [4.78, 5) is 15.9. The van der Waals surface area contributed by atoms with E-state index in [0.29, 0.717) is 18.1 Å². The molecule has 0 spiro atoms. The molecular weight excluding hydrogens is 347 g/mol. The molecular formula is C18H20F3N3O2. The molecule has 0 aliphatic heterocycles. The average molecular weight is 367 g/mol. The molecule has 2 amide bonds. The molecule has 1 aromatic carbocycles. The fourth-order valence-electron chi connectivity index (χ4n) is 2.09. The molecule has 0 unspecified atom stereocenters. The number of benzene rings is 1. The minimum Gasteiger partial charge on any atom is -0.478 e. The molecule has 1 heterocycles. The van der Waals surface area contributed by atoms with Gasteiger partial charge in [0.2, 0.25) is 5.88 Å². The normalized spacial score (nSPS) is 11.1. The second-order valence-corrected chi connectivity index (χ2v) is 5.59. The van der Waals surface area contributed by atoms with Gasteiger partial charge in [-0.3, -0.25) is 0 Å². The summed E-state index contributed by atoms with van der Waals surface area (Å²) in [7, 11) is 0. The van der Waals surface area contributed by atoms with Gasteiger partial charge in [-0.25, -0.2) is 9.78 Å². The first kappa shape index (κ1) is 19.6. The number of carbonyl (C=O) groups is 1. The fourth-order valence-corrected chi connectivity index (χ4v) is 2.09. The first-order valence-electron chi connectivity index (χ1n) is 8.14. The van der Waals surface area contributed by atoms with E-state index in [-0.39, 0.29) is 13.1 Å². The lowest BCUT2D eigenvalue weighted by Crippen LogP contribution is -2.34. The fraction of sp³-hybridized carbons (Fsp3) is 0.333. The van der Waals surface area contributed by atoms with Crippen molar-refractivity contribution in [3.63, 3.8) is 0 Å². The van der Waals surface area contributed by atoms with Crippen LogP contribution in [0.4, 0.5) is 18.0 Å². The number of amides is 2. The first-order chi connectivity index (χ1) is 12.4. The molecule has 26 heavy (non-hydrogen) atoms. The van der Waals surface area contributed by atoms with Crippen LogP contribution in [0.1, 0.15) is 30.0 Å². The van der Waals surface area contributed by atoms with Gasteiger partial charge in [0.05, 0.1) is 12.2 Å². The number of rotatable bonds is 7. The first-order valence-corrected chi connectivity index (χ1v) is 8.14. The lowest BCUT2D eigenvalue weighted by Gasteiger charge is -2.10. The molecule has 0 atom stereocenters. The van der Waals surface area contributed by atoms with E-state index in [9.17, 15) is 18.0 Å². The Kier molecular flexibility index (Phi) is 6.82. The van der Waals surface area contributed by atoms with Gasteiger partial charge in [0.15, 0.2) is 0 Å². The van der Waals surface area contributed by atoms with E-state index >= 15 is 0 Å². The molecule has 2 aromatic rings. The molecule has 0 saturated carbocycles. The number of pyridine rings is 1. The van der Waals surface area contributed by atoms with Crippen LogP contribution in [0.15, 0.2) is 42.6 Å². The SMILES string of the molecule is CCCOc1ccc(CNC(=O)NCc2cccc(C(F)(F)F)c2)cn1. The Bertz CT molecular complexity index is 718. The van der Waals surface area contributed by atoms with E-state index < -0.39 is 17.8 Å². The number of aromatic nitrogens is 1. The van der Waals surface area contributed by atoms with E-state index in [1.807, 2.05) is 6.92 Å². The standard InChI is InChI=1S/C18H20F3N3O2/c1-2-8-26-16-7-6-14(11-22-16)12-24-17(25)23-10-13-4-3-5-15(9-13)18(19,20)21/h3-7,9,11H,2,8,10,12H2,1H3,(H2,23,24,25). The summed E-state index contributed by atoms with van der Waals surface area (Å²) in [5.41, 5.74) is 0.408. The van der Waals surface area contributed by atoms with E-state index in [1.165, 1.54) is 12.1 Å². The van der Waals surface area contributed by atoms with Crippen LogP contribution < -0.4 is 15.4 Å². The number of nitrogens with one attached hydrogen (secondary N) is 2. The van der Waals surface area contributed by atoms with Crippen molar-refractivity contribution in [1.82, 2.24) is 15.6 Å². The second-order valence-electron chi connectivity index (χ2n) is 5.59. The van der Waals surface area contributed by atoms with E-state index in [4.69, 9.17) is 4.74 Å². The van der Waals surface area contributed by atoms with Gasteiger partial charge >= 0.3 is 12.2 Å². The Hall–Kier alpha value is -2.77. The van der Waals surface area contributed by atoms with Gasteiger partial charge < -0.3 is 15.4 Å². The zero-order valence-electron chi connectivity index (χ0n) is 14.3. The zero-order chi connectivity index (χ0) is 19.0. The van der Waals surface area contributed by atoms with Crippen molar-refractivity contribution >= 4 is 6.03 Å². The summed E-state index contributed by atoms with van der Waals surface area (Å²) in [6.45, 7) is 2.83. The van der Waals surface area contributed by atoms with Crippen molar-refractivity contribution < 1.29 is 22.7 Å². The summed E-state index contributed by atoms with van der Waals surface area (Å²) in [6, 6.07) is 7.86. The third-order valence-electron chi connectivity index (χ3n) is 3.41. The maximum absolute atomic E-state index is 12.7. The number of hydrogen-bond donors (Lipinski definition) is 2. The smallest absolute Gasteiger partial charge is 0.416 e. The Balaban J connectivity index is 1.79. The molecule has 1 aromatic heterocycles. The van der Waals surface area contributed by atoms with Crippen LogP contribution in [0.25, 0.3) is 0 Å². The van der Waals surface area contributed by atoms with Gasteiger partial charge in [0, 0.05) is 25.4 Å². The van der Waals surface area contributed by atoms with Crippen molar-refractivity contribution in [2.75, 3.05) is 6.61 Å². The van der Waals surface area contributed by atoms with Crippen LogP contribution in [-0.4, -0.2) is 17.6 Å². The number of urea groups is 1. The average Bonchev–Trinajstić information content (AvgIpc) is 2.63.